The second-order valence-electron chi connectivity index (χ2n) is 5.60. The van der Waals surface area contributed by atoms with Gasteiger partial charge >= 0.3 is 5.97 Å². The average Bonchev–Trinajstić information content (AvgIpc) is 2.76. The molecule has 5 nitrogen and oxygen atoms in total. The van der Waals surface area contributed by atoms with Crippen LogP contribution in [0.5, 0.6) is 0 Å². The lowest BCUT2D eigenvalue weighted by Gasteiger charge is -2.16. The molecule has 0 aliphatic carbocycles. The highest BCUT2D eigenvalue weighted by molar-refractivity contribution is 6.16. The van der Waals surface area contributed by atoms with Crippen molar-refractivity contribution in [3.63, 3.8) is 0 Å². The van der Waals surface area contributed by atoms with E-state index in [1.54, 1.807) is 31.9 Å². The Morgan fingerprint density at radius 2 is 2.04 bits per heavy atom. The summed E-state index contributed by atoms with van der Waals surface area (Å²) in [7, 11) is 1.58. The minimum atomic E-state index is -0.470. The predicted molar refractivity (Wildman–Crippen MR) is 92.1 cm³/mol. The average molecular weight is 329 g/mol. The van der Waals surface area contributed by atoms with Gasteiger partial charge in [-0.1, -0.05) is 29.8 Å². The van der Waals surface area contributed by atoms with Crippen molar-refractivity contribution in [2.75, 3.05) is 26.9 Å². The number of benzene rings is 1. The molecule has 0 unspecified atom stereocenters. The number of amides is 1. The molecule has 0 N–H and O–H groups in total. The van der Waals surface area contributed by atoms with Crippen molar-refractivity contribution in [3.05, 3.63) is 52.2 Å². The summed E-state index contributed by atoms with van der Waals surface area (Å²) in [5.74, 6) is -0.670. The lowest BCUT2D eigenvalue weighted by atomic mass is 10.0. The summed E-state index contributed by atoms with van der Waals surface area (Å²) in [5, 5.41) is 0. The van der Waals surface area contributed by atoms with Crippen LogP contribution in [0.1, 0.15) is 25.0 Å². The fourth-order valence-corrected chi connectivity index (χ4v) is 2.71. The van der Waals surface area contributed by atoms with Crippen molar-refractivity contribution >= 4 is 18.0 Å². The summed E-state index contributed by atoms with van der Waals surface area (Å²) in [6.07, 6.45) is 1.75. The van der Waals surface area contributed by atoms with Gasteiger partial charge in [-0.15, -0.1) is 0 Å². The van der Waals surface area contributed by atoms with Crippen LogP contribution in [0.15, 0.2) is 41.1 Å². The minimum absolute atomic E-state index is 0.200. The van der Waals surface area contributed by atoms with Gasteiger partial charge in [-0.3, -0.25) is 4.79 Å². The van der Waals surface area contributed by atoms with Gasteiger partial charge in [-0.2, -0.15) is 0 Å². The summed E-state index contributed by atoms with van der Waals surface area (Å²) in [5.41, 5.74) is 3.27. The highest BCUT2D eigenvalue weighted by Gasteiger charge is 2.36. The number of hydrogen-bond donors (Lipinski definition) is 0. The van der Waals surface area contributed by atoms with Gasteiger partial charge in [-0.25, -0.2) is 4.79 Å². The van der Waals surface area contributed by atoms with E-state index in [-0.39, 0.29) is 12.5 Å². The lowest BCUT2D eigenvalue weighted by molar-refractivity contribution is -0.138. The monoisotopic (exact) mass is 329 g/mol. The van der Waals surface area contributed by atoms with Crippen molar-refractivity contribution in [2.24, 2.45) is 0 Å². The van der Waals surface area contributed by atoms with Crippen molar-refractivity contribution in [3.8, 4) is 0 Å². The molecule has 128 valence electrons. The first kappa shape index (κ1) is 17.9. The molecule has 0 saturated heterocycles. The molecule has 5 heteroatoms. The number of methoxy groups -OCH3 is 1. The zero-order chi connectivity index (χ0) is 17.7. The quantitative estimate of drug-likeness (QED) is 0.595. The van der Waals surface area contributed by atoms with E-state index in [9.17, 15) is 9.59 Å². The summed E-state index contributed by atoms with van der Waals surface area (Å²) < 4.78 is 10.2. The maximum absolute atomic E-state index is 12.8. The van der Waals surface area contributed by atoms with E-state index in [2.05, 4.69) is 0 Å². The fourth-order valence-electron chi connectivity index (χ4n) is 2.71. The normalized spacial score (nSPS) is 16.2. The van der Waals surface area contributed by atoms with Gasteiger partial charge in [0.2, 0.25) is 0 Å². The Hall–Kier alpha value is -2.40. The van der Waals surface area contributed by atoms with Crippen LogP contribution in [-0.2, 0) is 19.1 Å². The van der Waals surface area contributed by atoms with Gasteiger partial charge in [0.05, 0.1) is 24.4 Å². The maximum atomic E-state index is 12.8. The Morgan fingerprint density at radius 3 is 2.67 bits per heavy atom. The van der Waals surface area contributed by atoms with Crippen molar-refractivity contribution in [1.82, 2.24) is 4.90 Å². The molecule has 0 aromatic heterocycles. The first-order valence-electron chi connectivity index (χ1n) is 7.97. The van der Waals surface area contributed by atoms with E-state index < -0.39 is 5.97 Å². The molecule has 0 saturated carbocycles. The Kier molecular flexibility index (Phi) is 5.93. The van der Waals surface area contributed by atoms with E-state index in [0.717, 1.165) is 11.1 Å². The van der Waals surface area contributed by atoms with E-state index >= 15 is 0 Å². The molecule has 1 aromatic carbocycles. The van der Waals surface area contributed by atoms with E-state index in [4.69, 9.17) is 9.47 Å². The smallest absolute Gasteiger partial charge is 0.340 e. The van der Waals surface area contributed by atoms with Crippen LogP contribution in [0.4, 0.5) is 0 Å². The van der Waals surface area contributed by atoms with E-state index in [1.807, 2.05) is 31.2 Å². The van der Waals surface area contributed by atoms with E-state index in [1.165, 1.54) is 0 Å². The number of carbonyl (C=O) groups excluding carboxylic acids is 2. The zero-order valence-corrected chi connectivity index (χ0v) is 14.6. The number of carbonyl (C=O) groups is 2. The second kappa shape index (κ2) is 7.93. The summed E-state index contributed by atoms with van der Waals surface area (Å²) in [6.45, 7) is 6.55. The van der Waals surface area contributed by atoms with Gasteiger partial charge in [0.1, 0.15) is 0 Å². The van der Waals surface area contributed by atoms with Crippen LogP contribution in [0, 0.1) is 6.92 Å². The molecule has 1 heterocycles. The Bertz CT molecular complexity index is 703. The Labute approximate surface area is 142 Å². The number of esters is 1. The Balaban J connectivity index is 2.46. The molecule has 1 aliphatic heterocycles. The molecule has 2 rings (SSSR count). The number of allylic oxidation sites excluding steroid dienone is 1. The molecular weight excluding hydrogens is 306 g/mol. The standard InChI is InChI=1S/C19H23NO4/c1-5-24-19(22)17-14(3)20(9-10-23-4)18(21)16(17)12-15-8-6-7-13(2)11-15/h6-8,11-12H,5,9-10H2,1-4H3/b16-12-. The van der Waals surface area contributed by atoms with Crippen LogP contribution in [0.3, 0.4) is 0 Å². The number of nitrogens with zero attached hydrogens (tertiary/aromatic N) is 1. The molecule has 0 radical (unpaired) electrons. The number of aryl methyl sites for hydroxylation is 1. The van der Waals surface area contributed by atoms with Crippen LogP contribution >= 0.6 is 0 Å². The molecule has 24 heavy (non-hydrogen) atoms. The largest absolute Gasteiger partial charge is 0.462 e. The summed E-state index contributed by atoms with van der Waals surface area (Å²) in [6, 6.07) is 7.78. The predicted octanol–water partition coefficient (Wildman–Crippen LogP) is 2.70. The maximum Gasteiger partial charge on any atom is 0.340 e. The van der Waals surface area contributed by atoms with Gasteiger partial charge in [-0.05, 0) is 32.4 Å². The first-order chi connectivity index (χ1) is 11.5. The molecule has 1 amide bonds. The van der Waals surface area contributed by atoms with Gasteiger partial charge in [0, 0.05) is 19.4 Å². The van der Waals surface area contributed by atoms with Crippen LogP contribution in [0.2, 0.25) is 0 Å². The molecule has 0 bridgehead atoms. The fraction of sp³-hybridized carbons (Fsp3) is 0.368. The van der Waals surface area contributed by atoms with Crippen molar-refractivity contribution in [2.45, 2.75) is 20.8 Å². The van der Waals surface area contributed by atoms with Crippen LogP contribution < -0.4 is 0 Å². The Morgan fingerprint density at radius 1 is 1.29 bits per heavy atom. The molecule has 0 atom stereocenters. The molecule has 1 aliphatic rings. The number of ether oxygens (including phenoxy) is 2. The van der Waals surface area contributed by atoms with Crippen molar-refractivity contribution in [1.29, 1.82) is 0 Å². The second-order valence-corrected chi connectivity index (χ2v) is 5.60. The van der Waals surface area contributed by atoms with Gasteiger partial charge in [0.25, 0.3) is 5.91 Å². The van der Waals surface area contributed by atoms with Gasteiger partial charge in [0.15, 0.2) is 0 Å². The third kappa shape index (κ3) is 3.74. The topological polar surface area (TPSA) is 55.8 Å². The SMILES string of the molecule is CCOC(=O)C1=C(C)N(CCOC)C(=O)/C1=C\c1cccc(C)c1. The lowest BCUT2D eigenvalue weighted by Crippen LogP contribution is -2.28. The molecule has 0 fully saturated rings. The third-order valence-corrected chi connectivity index (χ3v) is 3.86. The number of hydrogen-bond acceptors (Lipinski definition) is 4. The molecular formula is C19H23NO4. The molecule has 1 aromatic rings. The third-order valence-electron chi connectivity index (χ3n) is 3.86. The number of rotatable bonds is 6. The highest BCUT2D eigenvalue weighted by atomic mass is 16.5. The van der Waals surface area contributed by atoms with Crippen LogP contribution in [-0.4, -0.2) is 43.6 Å². The van der Waals surface area contributed by atoms with E-state index in [0.29, 0.717) is 30.0 Å². The summed E-state index contributed by atoms with van der Waals surface area (Å²) >= 11 is 0. The van der Waals surface area contributed by atoms with Crippen LogP contribution in [0.25, 0.3) is 6.08 Å². The zero-order valence-electron chi connectivity index (χ0n) is 14.6. The van der Waals surface area contributed by atoms with Gasteiger partial charge < -0.3 is 14.4 Å². The highest BCUT2D eigenvalue weighted by Crippen LogP contribution is 2.31. The first-order valence-corrected chi connectivity index (χ1v) is 7.97. The molecule has 0 spiro atoms. The van der Waals surface area contributed by atoms with Crippen molar-refractivity contribution < 1.29 is 19.1 Å². The minimum Gasteiger partial charge on any atom is -0.462 e. The summed E-state index contributed by atoms with van der Waals surface area (Å²) in [4.78, 5) is 26.7.